The van der Waals surface area contributed by atoms with Crippen LogP contribution in [0.1, 0.15) is 53.0 Å². The lowest BCUT2D eigenvalue weighted by atomic mass is 9.94. The number of methoxy groups -OCH3 is 1. The van der Waals surface area contributed by atoms with Gasteiger partial charge < -0.3 is 15.2 Å². The van der Waals surface area contributed by atoms with Gasteiger partial charge in [-0.2, -0.15) is 0 Å². The van der Waals surface area contributed by atoms with Gasteiger partial charge in [-0.05, 0) is 48.6 Å². The molecule has 198 valence electrons. The van der Waals surface area contributed by atoms with Crippen molar-refractivity contribution in [3.05, 3.63) is 71.3 Å². The second kappa shape index (κ2) is 13.7. The smallest absolute Gasteiger partial charge is 0.337 e. The Morgan fingerprint density at radius 2 is 1.54 bits per heavy atom. The molecule has 0 aliphatic heterocycles. The minimum Gasteiger partial charge on any atom is -0.480 e. The summed E-state index contributed by atoms with van der Waals surface area (Å²) in [5.74, 6) is -5.28. The van der Waals surface area contributed by atoms with Crippen molar-refractivity contribution in [3.8, 4) is 0 Å². The molecule has 2 aromatic rings. The molecule has 0 saturated carbocycles. The number of nitrogens with one attached hydrogen (secondary N) is 2. The Bertz CT molecular complexity index is 1100. The highest BCUT2D eigenvalue weighted by atomic mass is 16.6. The minimum absolute atomic E-state index is 0.000403. The molecule has 11 nitrogen and oxygen atoms in total. The predicted molar refractivity (Wildman–Crippen MR) is 131 cm³/mol. The summed E-state index contributed by atoms with van der Waals surface area (Å²) in [6, 6.07) is 13.0. The number of ether oxygens (including phenoxy) is 1. The van der Waals surface area contributed by atoms with Crippen molar-refractivity contribution in [2.75, 3.05) is 7.11 Å². The molecule has 11 heteroatoms. The number of carboxylic acid groups (broad SMARTS) is 1. The molecule has 1 unspecified atom stereocenters. The highest BCUT2D eigenvalue weighted by Gasteiger charge is 2.29. The molecule has 0 bridgehead atoms. The maximum Gasteiger partial charge on any atom is 0.337 e. The molecule has 0 aliphatic carbocycles. The van der Waals surface area contributed by atoms with Crippen molar-refractivity contribution in [3.63, 3.8) is 0 Å². The Morgan fingerprint density at radius 3 is 2.08 bits per heavy atom. The first-order valence-electron chi connectivity index (χ1n) is 11.6. The van der Waals surface area contributed by atoms with Gasteiger partial charge in [-0.15, -0.1) is 5.17 Å². The number of carbonyl (C=O) groups excluding carboxylic acids is 4. The van der Waals surface area contributed by atoms with E-state index >= 15 is 0 Å². The summed E-state index contributed by atoms with van der Waals surface area (Å²) in [7, 11) is 1.22. The van der Waals surface area contributed by atoms with Gasteiger partial charge in [0.1, 0.15) is 6.04 Å². The molecule has 0 saturated heterocycles. The number of rotatable bonds is 11. The van der Waals surface area contributed by atoms with Gasteiger partial charge >= 0.3 is 11.9 Å². The van der Waals surface area contributed by atoms with Crippen LogP contribution in [-0.2, 0) is 25.5 Å². The zero-order valence-corrected chi connectivity index (χ0v) is 20.8. The quantitative estimate of drug-likeness (QED) is 0.202. The number of aliphatic carboxylic acids is 1. The van der Waals surface area contributed by atoms with E-state index in [9.17, 15) is 34.3 Å². The minimum atomic E-state index is -1.19. The van der Waals surface area contributed by atoms with Gasteiger partial charge in [-0.25, -0.2) is 15.0 Å². The number of carboxylic acids is 1. The number of amides is 3. The highest BCUT2D eigenvalue weighted by molar-refractivity contribution is 5.97. The van der Waals surface area contributed by atoms with Crippen LogP contribution in [0.2, 0.25) is 0 Å². The Morgan fingerprint density at radius 1 is 0.946 bits per heavy atom. The third-order valence-electron chi connectivity index (χ3n) is 5.45. The van der Waals surface area contributed by atoms with Crippen molar-refractivity contribution in [1.29, 1.82) is 0 Å². The zero-order chi connectivity index (χ0) is 27.5. The topological polar surface area (TPSA) is 162 Å². The summed E-state index contributed by atoms with van der Waals surface area (Å²) in [6.07, 6.45) is -0.208. The van der Waals surface area contributed by atoms with Crippen LogP contribution in [0.5, 0.6) is 0 Å². The average Bonchev–Trinajstić information content (AvgIpc) is 2.87. The Kier molecular flexibility index (Phi) is 10.8. The van der Waals surface area contributed by atoms with Crippen LogP contribution in [0.15, 0.2) is 54.6 Å². The van der Waals surface area contributed by atoms with Gasteiger partial charge in [0.25, 0.3) is 11.8 Å². The fraction of sp³-hybridized carbons (Fsp3) is 0.346. The van der Waals surface area contributed by atoms with Gasteiger partial charge in [0, 0.05) is 12.0 Å². The predicted octanol–water partition coefficient (Wildman–Crippen LogP) is 2.20. The molecule has 0 heterocycles. The van der Waals surface area contributed by atoms with Gasteiger partial charge in [0.05, 0.1) is 18.6 Å². The van der Waals surface area contributed by atoms with Gasteiger partial charge in [0.15, 0.2) is 0 Å². The lowest BCUT2D eigenvalue weighted by molar-refractivity contribution is -0.177. The molecule has 2 atom stereocenters. The molecule has 37 heavy (non-hydrogen) atoms. The van der Waals surface area contributed by atoms with E-state index in [0.717, 1.165) is 5.56 Å². The van der Waals surface area contributed by atoms with Crippen molar-refractivity contribution >= 4 is 29.7 Å². The molecular formula is C26H31N3O8. The van der Waals surface area contributed by atoms with Crippen molar-refractivity contribution in [1.82, 2.24) is 15.9 Å². The Balaban J connectivity index is 2.11. The third kappa shape index (κ3) is 9.04. The summed E-state index contributed by atoms with van der Waals surface area (Å²) in [5, 5.41) is 22.1. The van der Waals surface area contributed by atoms with E-state index in [0.29, 0.717) is 0 Å². The molecule has 0 fully saturated rings. The first-order valence-corrected chi connectivity index (χ1v) is 11.6. The van der Waals surface area contributed by atoms with Crippen LogP contribution < -0.4 is 10.7 Å². The number of carbonyl (C=O) groups is 5. The SMILES string of the molecule is COC(=O)c1ccc(C(=O)NN(O)C(=O)CC(Cc2ccccc2)C(=O)N[C@@H](CC(C)C)C(=O)O)cc1. The molecule has 2 aromatic carbocycles. The molecule has 0 aromatic heterocycles. The monoisotopic (exact) mass is 513 g/mol. The fourth-order valence-corrected chi connectivity index (χ4v) is 3.53. The van der Waals surface area contributed by atoms with Crippen LogP contribution in [0.3, 0.4) is 0 Å². The molecule has 4 N–H and O–H groups in total. The van der Waals surface area contributed by atoms with E-state index in [-0.39, 0.29) is 35.1 Å². The van der Waals surface area contributed by atoms with Crippen LogP contribution in [0.25, 0.3) is 0 Å². The van der Waals surface area contributed by atoms with E-state index in [1.165, 1.54) is 31.4 Å². The van der Waals surface area contributed by atoms with Crippen LogP contribution in [0.4, 0.5) is 0 Å². The second-order valence-corrected chi connectivity index (χ2v) is 8.84. The molecule has 0 radical (unpaired) electrons. The number of hydrogen-bond donors (Lipinski definition) is 4. The van der Waals surface area contributed by atoms with E-state index in [1.807, 2.05) is 19.3 Å². The Labute approximate surface area is 214 Å². The fourth-order valence-electron chi connectivity index (χ4n) is 3.53. The number of esters is 1. The normalized spacial score (nSPS) is 12.2. The first kappa shape index (κ1) is 29.0. The maximum atomic E-state index is 13.0. The lowest BCUT2D eigenvalue weighted by Crippen LogP contribution is -2.48. The van der Waals surface area contributed by atoms with Crippen molar-refractivity contribution in [2.45, 2.75) is 39.2 Å². The van der Waals surface area contributed by atoms with Crippen LogP contribution >= 0.6 is 0 Å². The average molecular weight is 514 g/mol. The summed E-state index contributed by atoms with van der Waals surface area (Å²) >= 11 is 0. The number of nitrogens with zero attached hydrogens (tertiary/aromatic N) is 1. The standard InChI is InChI=1S/C26H31N3O8/c1-16(2)13-21(25(33)34)27-23(31)20(14-17-7-5-4-6-8-17)15-22(30)29(36)28-24(32)18-9-11-19(12-10-18)26(35)37-3/h4-12,16,20-21,36H,13-15H2,1-3H3,(H,27,31)(H,28,32)(H,33,34)/t20?,21-/m0/s1. The number of hydrogen-bond acceptors (Lipinski definition) is 7. The molecule has 2 rings (SSSR count). The van der Waals surface area contributed by atoms with Gasteiger partial charge in [-0.3, -0.25) is 19.6 Å². The zero-order valence-electron chi connectivity index (χ0n) is 20.8. The van der Waals surface area contributed by atoms with E-state index in [1.54, 1.807) is 30.3 Å². The lowest BCUT2D eigenvalue weighted by Gasteiger charge is -2.23. The van der Waals surface area contributed by atoms with Gasteiger partial charge in [-0.1, -0.05) is 44.2 Å². The van der Waals surface area contributed by atoms with E-state index in [4.69, 9.17) is 0 Å². The van der Waals surface area contributed by atoms with Crippen molar-refractivity contribution in [2.24, 2.45) is 11.8 Å². The first-order chi connectivity index (χ1) is 17.5. The molecule has 0 spiro atoms. The molecule has 0 aliphatic rings. The number of hydrazine groups is 1. The summed E-state index contributed by atoms with van der Waals surface area (Å²) < 4.78 is 4.59. The largest absolute Gasteiger partial charge is 0.480 e. The van der Waals surface area contributed by atoms with Crippen LogP contribution in [0, 0.1) is 11.8 Å². The highest BCUT2D eigenvalue weighted by Crippen LogP contribution is 2.16. The van der Waals surface area contributed by atoms with Crippen LogP contribution in [-0.4, -0.2) is 58.3 Å². The summed E-state index contributed by atoms with van der Waals surface area (Å²) in [5.41, 5.74) is 3.00. The van der Waals surface area contributed by atoms with Crippen molar-refractivity contribution < 1.29 is 39.0 Å². The van der Waals surface area contributed by atoms with Gasteiger partial charge in [0.2, 0.25) is 5.91 Å². The maximum absolute atomic E-state index is 13.0. The van der Waals surface area contributed by atoms with E-state index in [2.05, 4.69) is 10.1 Å². The molecule has 3 amide bonds. The Hall–Kier alpha value is -4.25. The summed E-state index contributed by atoms with van der Waals surface area (Å²) in [4.78, 5) is 61.3. The molecular weight excluding hydrogens is 482 g/mol. The van der Waals surface area contributed by atoms with E-state index < -0.39 is 48.0 Å². The second-order valence-electron chi connectivity index (χ2n) is 8.84. The number of hydroxylamine groups is 1. The number of benzene rings is 2. The summed E-state index contributed by atoms with van der Waals surface area (Å²) in [6.45, 7) is 3.64. The third-order valence-corrected chi connectivity index (χ3v) is 5.45.